The number of hydrogen-bond acceptors (Lipinski definition) is 4. The zero-order chi connectivity index (χ0) is 15.2. The Balaban J connectivity index is 2.08. The Morgan fingerprint density at radius 1 is 1.38 bits per heavy atom. The van der Waals surface area contributed by atoms with Crippen molar-refractivity contribution in [3.8, 4) is 0 Å². The lowest BCUT2D eigenvalue weighted by Crippen LogP contribution is -2.51. The Kier molecular flexibility index (Phi) is 5.38. The molecule has 1 fully saturated rings. The van der Waals surface area contributed by atoms with Crippen molar-refractivity contribution in [2.75, 3.05) is 38.9 Å². The van der Waals surface area contributed by atoms with Crippen LogP contribution in [0, 0.1) is 0 Å². The molecular formula is C14H19FN4O2. The van der Waals surface area contributed by atoms with E-state index in [-0.39, 0.29) is 6.10 Å². The van der Waals surface area contributed by atoms with Gasteiger partial charge in [-0.15, -0.1) is 0 Å². The van der Waals surface area contributed by atoms with Crippen LogP contribution in [0.3, 0.4) is 0 Å². The summed E-state index contributed by atoms with van der Waals surface area (Å²) in [6.45, 7) is 0.983. The Bertz CT molecular complexity index is 498. The lowest BCUT2D eigenvalue weighted by molar-refractivity contribution is 0.0720. The summed E-state index contributed by atoms with van der Waals surface area (Å²) >= 11 is 0. The van der Waals surface area contributed by atoms with Crippen molar-refractivity contribution in [2.24, 2.45) is 5.11 Å². The summed E-state index contributed by atoms with van der Waals surface area (Å²) in [5.74, 6) is 0. The number of nitrogens with zero attached hydrogens (tertiary/aromatic N) is 4. The van der Waals surface area contributed by atoms with Gasteiger partial charge < -0.3 is 14.4 Å². The van der Waals surface area contributed by atoms with E-state index in [1.54, 1.807) is 7.11 Å². The van der Waals surface area contributed by atoms with Crippen molar-refractivity contribution >= 4 is 5.69 Å². The molecule has 114 valence electrons. The minimum Gasteiger partial charge on any atom is -0.378 e. The minimum absolute atomic E-state index is 0.289. The van der Waals surface area contributed by atoms with Gasteiger partial charge in [0.15, 0.2) is 0 Å². The molecule has 2 rings (SSSR count). The number of anilines is 1. The maximum absolute atomic E-state index is 13.0. The van der Waals surface area contributed by atoms with E-state index in [4.69, 9.17) is 15.0 Å². The second-order valence-corrected chi connectivity index (χ2v) is 4.94. The molecule has 0 unspecified atom stereocenters. The highest BCUT2D eigenvalue weighted by Gasteiger charge is 2.27. The summed E-state index contributed by atoms with van der Waals surface area (Å²) < 4.78 is 23.5. The molecule has 1 aromatic rings. The third-order valence-electron chi connectivity index (χ3n) is 3.73. The Hall–Kier alpha value is -1.82. The van der Waals surface area contributed by atoms with Gasteiger partial charge in [-0.3, -0.25) is 4.39 Å². The molecule has 0 N–H and O–H groups in total. The van der Waals surface area contributed by atoms with Gasteiger partial charge >= 0.3 is 0 Å². The molecule has 0 saturated carbocycles. The average Bonchev–Trinajstić information content (AvgIpc) is 2.47. The maximum atomic E-state index is 13.0. The highest BCUT2D eigenvalue weighted by molar-refractivity contribution is 5.50. The molecule has 1 aromatic carbocycles. The molecule has 0 radical (unpaired) electrons. The quantitative estimate of drug-likeness (QED) is 0.441. The molecule has 0 spiro atoms. The molecule has 1 aliphatic heterocycles. The predicted molar refractivity (Wildman–Crippen MR) is 78.1 cm³/mol. The molecule has 1 aliphatic rings. The van der Waals surface area contributed by atoms with Crippen molar-refractivity contribution in [1.82, 2.24) is 0 Å². The SMILES string of the molecule is COC1CN(c2ccc([C@@H](OC)[C@@H](CF)N=[N+]=[N-])cc2)C1. The first-order chi connectivity index (χ1) is 10.2. The molecule has 1 saturated heterocycles. The van der Waals surface area contributed by atoms with Crippen LogP contribution >= 0.6 is 0 Å². The molecule has 2 atom stereocenters. The fourth-order valence-electron chi connectivity index (χ4n) is 2.43. The smallest absolute Gasteiger partial charge is 0.101 e. The van der Waals surface area contributed by atoms with Crippen molar-refractivity contribution in [2.45, 2.75) is 18.2 Å². The second-order valence-electron chi connectivity index (χ2n) is 4.94. The van der Waals surface area contributed by atoms with Crippen LogP contribution in [0.1, 0.15) is 11.7 Å². The van der Waals surface area contributed by atoms with Crippen LogP contribution in [0.25, 0.3) is 10.4 Å². The number of hydrogen-bond donors (Lipinski definition) is 0. The van der Waals surface area contributed by atoms with Crippen molar-refractivity contribution in [3.05, 3.63) is 40.3 Å². The molecule has 6 nitrogen and oxygen atoms in total. The van der Waals surface area contributed by atoms with Crippen LogP contribution in [0.4, 0.5) is 10.1 Å². The van der Waals surface area contributed by atoms with Gasteiger partial charge in [0.25, 0.3) is 0 Å². The van der Waals surface area contributed by atoms with E-state index in [0.717, 1.165) is 24.3 Å². The van der Waals surface area contributed by atoms with Gasteiger partial charge in [0, 0.05) is 37.9 Å². The number of halogens is 1. The predicted octanol–water partition coefficient (Wildman–Crippen LogP) is 2.86. The molecule has 21 heavy (non-hydrogen) atoms. The molecule has 0 aliphatic carbocycles. The molecule has 0 aromatic heterocycles. The van der Waals surface area contributed by atoms with Gasteiger partial charge in [0.1, 0.15) is 6.67 Å². The third-order valence-corrected chi connectivity index (χ3v) is 3.73. The largest absolute Gasteiger partial charge is 0.378 e. The fraction of sp³-hybridized carbons (Fsp3) is 0.571. The van der Waals surface area contributed by atoms with Gasteiger partial charge in [-0.05, 0) is 23.2 Å². The van der Waals surface area contributed by atoms with Crippen LogP contribution in [-0.4, -0.2) is 46.1 Å². The van der Waals surface area contributed by atoms with Crippen molar-refractivity contribution < 1.29 is 13.9 Å². The van der Waals surface area contributed by atoms with Crippen LogP contribution in [0.15, 0.2) is 29.4 Å². The van der Waals surface area contributed by atoms with Gasteiger partial charge in [-0.1, -0.05) is 17.2 Å². The third kappa shape index (κ3) is 3.44. The topological polar surface area (TPSA) is 70.5 Å². The zero-order valence-corrected chi connectivity index (χ0v) is 12.1. The first-order valence-corrected chi connectivity index (χ1v) is 6.74. The Morgan fingerprint density at radius 2 is 2.05 bits per heavy atom. The summed E-state index contributed by atoms with van der Waals surface area (Å²) in [5, 5.41) is 3.45. The van der Waals surface area contributed by atoms with E-state index < -0.39 is 18.8 Å². The highest BCUT2D eigenvalue weighted by Crippen LogP contribution is 2.28. The summed E-state index contributed by atoms with van der Waals surface area (Å²) in [4.78, 5) is 4.86. The Morgan fingerprint density at radius 3 is 2.52 bits per heavy atom. The summed E-state index contributed by atoms with van der Waals surface area (Å²) in [7, 11) is 3.19. The number of methoxy groups -OCH3 is 2. The number of azide groups is 1. The first-order valence-electron chi connectivity index (χ1n) is 6.74. The second kappa shape index (κ2) is 7.26. The van der Waals surface area contributed by atoms with E-state index >= 15 is 0 Å². The zero-order valence-electron chi connectivity index (χ0n) is 12.1. The van der Waals surface area contributed by atoms with Crippen molar-refractivity contribution in [3.63, 3.8) is 0 Å². The van der Waals surface area contributed by atoms with E-state index in [1.807, 2.05) is 24.3 Å². The van der Waals surface area contributed by atoms with E-state index in [2.05, 4.69) is 14.9 Å². The highest BCUT2D eigenvalue weighted by atomic mass is 19.1. The standard InChI is InChI=1S/C14H19FN4O2/c1-20-12-8-19(9-12)11-5-3-10(4-6-11)14(21-2)13(7-15)17-18-16/h3-6,12-14H,7-9H2,1-2H3/t13-,14-/m1/s1. The lowest BCUT2D eigenvalue weighted by Gasteiger charge is -2.40. The number of rotatable bonds is 7. The van der Waals surface area contributed by atoms with Gasteiger partial charge in [0.05, 0.1) is 18.2 Å². The summed E-state index contributed by atoms with van der Waals surface area (Å²) in [5.41, 5.74) is 10.4. The van der Waals surface area contributed by atoms with Gasteiger partial charge in [-0.25, -0.2) is 0 Å². The van der Waals surface area contributed by atoms with Crippen LogP contribution in [0.2, 0.25) is 0 Å². The maximum Gasteiger partial charge on any atom is 0.101 e. The molecule has 1 heterocycles. The minimum atomic E-state index is -0.854. The monoisotopic (exact) mass is 294 g/mol. The molecule has 0 amide bonds. The van der Waals surface area contributed by atoms with Gasteiger partial charge in [-0.2, -0.15) is 0 Å². The molecule has 0 bridgehead atoms. The van der Waals surface area contributed by atoms with Crippen molar-refractivity contribution in [1.29, 1.82) is 0 Å². The van der Waals surface area contributed by atoms with Crippen LogP contribution < -0.4 is 4.90 Å². The van der Waals surface area contributed by atoms with Crippen LogP contribution in [-0.2, 0) is 9.47 Å². The Labute approximate surface area is 123 Å². The number of ether oxygens (including phenoxy) is 2. The lowest BCUT2D eigenvalue weighted by atomic mass is 10.0. The number of benzene rings is 1. The molecule has 7 heteroatoms. The van der Waals surface area contributed by atoms with E-state index in [1.165, 1.54) is 7.11 Å². The molecular weight excluding hydrogens is 275 g/mol. The van der Waals surface area contributed by atoms with E-state index in [0.29, 0.717) is 0 Å². The van der Waals surface area contributed by atoms with E-state index in [9.17, 15) is 4.39 Å². The summed E-state index contributed by atoms with van der Waals surface area (Å²) in [6.07, 6.45) is -0.291. The first kappa shape index (κ1) is 15.6. The van der Waals surface area contributed by atoms with Crippen LogP contribution in [0.5, 0.6) is 0 Å². The number of alkyl halides is 1. The normalized spacial score (nSPS) is 17.8. The van der Waals surface area contributed by atoms with Gasteiger partial charge in [0.2, 0.25) is 0 Å². The summed E-state index contributed by atoms with van der Waals surface area (Å²) in [6, 6.07) is 6.81. The average molecular weight is 294 g/mol. The fourth-order valence-corrected chi connectivity index (χ4v) is 2.43.